The summed E-state index contributed by atoms with van der Waals surface area (Å²) in [6.45, 7) is 5.80. The van der Waals surface area contributed by atoms with E-state index in [0.29, 0.717) is 12.5 Å². The van der Waals surface area contributed by atoms with Gasteiger partial charge in [0.2, 0.25) is 0 Å². The van der Waals surface area contributed by atoms with Crippen LogP contribution in [0.4, 0.5) is 5.82 Å². The second-order valence-electron chi connectivity index (χ2n) is 5.23. The molecule has 1 saturated heterocycles. The molecule has 3 rings (SSSR count). The average molecular weight is 260 g/mol. The summed E-state index contributed by atoms with van der Waals surface area (Å²) in [4.78, 5) is 14.1. The van der Waals surface area contributed by atoms with E-state index in [4.69, 9.17) is 0 Å². The van der Waals surface area contributed by atoms with Gasteiger partial charge in [0.05, 0.1) is 11.5 Å². The highest BCUT2D eigenvalue weighted by Crippen LogP contribution is 2.31. The van der Waals surface area contributed by atoms with Gasteiger partial charge in [-0.05, 0) is 18.4 Å². The van der Waals surface area contributed by atoms with E-state index in [1.165, 1.54) is 5.56 Å². The van der Waals surface area contributed by atoms with Gasteiger partial charge in [-0.2, -0.15) is 0 Å². The molecule has 3 heterocycles. The zero-order valence-electron chi connectivity index (χ0n) is 11.4. The molecule has 2 N–H and O–H groups in total. The van der Waals surface area contributed by atoms with Crippen molar-refractivity contribution in [3.8, 4) is 0 Å². The monoisotopic (exact) mass is 260 g/mol. The molecule has 0 amide bonds. The number of hydrogen-bond donors (Lipinski definition) is 2. The molecule has 5 heteroatoms. The lowest BCUT2D eigenvalue weighted by molar-refractivity contribution is 0.146. The number of hydrogen-bond acceptors (Lipinski definition) is 4. The van der Waals surface area contributed by atoms with Crippen LogP contribution in [0.5, 0.6) is 0 Å². The minimum absolute atomic E-state index is 0.251. The van der Waals surface area contributed by atoms with E-state index in [1.807, 2.05) is 6.20 Å². The van der Waals surface area contributed by atoms with Gasteiger partial charge in [-0.15, -0.1) is 0 Å². The molecule has 0 aliphatic carbocycles. The maximum atomic E-state index is 10.1. The number of fused-ring (bicyclic) bond motifs is 1. The van der Waals surface area contributed by atoms with E-state index < -0.39 is 0 Å². The predicted molar refractivity (Wildman–Crippen MR) is 75.3 cm³/mol. The number of rotatable bonds is 3. The SMILES string of the molecule is CCc1c[nH]c2ncnc(N3CC(O)C(CC)C3)c12. The minimum Gasteiger partial charge on any atom is -0.391 e. The lowest BCUT2D eigenvalue weighted by Gasteiger charge is -2.18. The lowest BCUT2D eigenvalue weighted by atomic mass is 10.0. The number of β-amino-alcohol motifs (C(OH)–C–C–N with tert-alkyl or cyclic N) is 1. The van der Waals surface area contributed by atoms with Gasteiger partial charge in [-0.1, -0.05) is 13.8 Å². The third-order valence-corrected chi connectivity index (χ3v) is 4.14. The Labute approximate surface area is 112 Å². The summed E-state index contributed by atoms with van der Waals surface area (Å²) in [5.41, 5.74) is 2.12. The van der Waals surface area contributed by atoms with E-state index in [9.17, 15) is 5.11 Å². The molecule has 2 unspecified atom stereocenters. The number of aromatic amines is 1. The first-order chi connectivity index (χ1) is 9.24. The quantitative estimate of drug-likeness (QED) is 0.882. The van der Waals surface area contributed by atoms with E-state index in [-0.39, 0.29) is 6.10 Å². The van der Waals surface area contributed by atoms with Crippen molar-refractivity contribution in [2.24, 2.45) is 5.92 Å². The third-order valence-electron chi connectivity index (χ3n) is 4.14. The summed E-state index contributed by atoms with van der Waals surface area (Å²) in [6.07, 6.45) is 5.30. The number of H-pyrrole nitrogens is 1. The fourth-order valence-electron chi connectivity index (χ4n) is 2.96. The molecule has 0 spiro atoms. The number of nitrogens with one attached hydrogen (secondary N) is 1. The summed E-state index contributed by atoms with van der Waals surface area (Å²) in [5.74, 6) is 1.30. The van der Waals surface area contributed by atoms with E-state index in [2.05, 4.69) is 33.7 Å². The van der Waals surface area contributed by atoms with Gasteiger partial charge in [0.1, 0.15) is 17.8 Å². The molecule has 102 valence electrons. The summed E-state index contributed by atoms with van der Waals surface area (Å²) < 4.78 is 0. The van der Waals surface area contributed by atoms with Crippen LogP contribution in [0.2, 0.25) is 0 Å². The zero-order chi connectivity index (χ0) is 13.4. The van der Waals surface area contributed by atoms with Gasteiger partial charge in [-0.3, -0.25) is 0 Å². The molecule has 5 nitrogen and oxygen atoms in total. The topological polar surface area (TPSA) is 65.0 Å². The second kappa shape index (κ2) is 4.81. The second-order valence-corrected chi connectivity index (χ2v) is 5.23. The van der Waals surface area contributed by atoms with Crippen LogP contribution in [0, 0.1) is 5.92 Å². The van der Waals surface area contributed by atoms with E-state index in [1.54, 1.807) is 6.33 Å². The molecule has 2 aromatic rings. The Bertz CT molecular complexity index is 580. The summed E-state index contributed by atoms with van der Waals surface area (Å²) in [7, 11) is 0. The van der Waals surface area contributed by atoms with Gasteiger partial charge < -0.3 is 15.0 Å². The van der Waals surface area contributed by atoms with Crippen molar-refractivity contribution in [3.05, 3.63) is 18.1 Å². The van der Waals surface area contributed by atoms with Crippen LogP contribution in [0.1, 0.15) is 25.8 Å². The molecule has 0 aromatic carbocycles. The molecular weight excluding hydrogens is 240 g/mol. The highest BCUT2D eigenvalue weighted by Gasteiger charge is 2.31. The van der Waals surface area contributed by atoms with Crippen molar-refractivity contribution >= 4 is 16.9 Å². The van der Waals surface area contributed by atoms with Crippen molar-refractivity contribution in [2.75, 3.05) is 18.0 Å². The summed E-state index contributed by atoms with van der Waals surface area (Å²) in [5, 5.41) is 11.2. The molecule has 2 aromatic heterocycles. The third kappa shape index (κ3) is 1.98. The van der Waals surface area contributed by atoms with Gasteiger partial charge in [0.15, 0.2) is 0 Å². The Morgan fingerprint density at radius 3 is 2.89 bits per heavy atom. The van der Waals surface area contributed by atoms with Crippen molar-refractivity contribution in [2.45, 2.75) is 32.8 Å². The lowest BCUT2D eigenvalue weighted by Crippen LogP contribution is -2.22. The Hall–Kier alpha value is -1.62. The van der Waals surface area contributed by atoms with Crippen molar-refractivity contribution in [1.82, 2.24) is 15.0 Å². The van der Waals surface area contributed by atoms with Gasteiger partial charge in [0.25, 0.3) is 0 Å². The van der Waals surface area contributed by atoms with Gasteiger partial charge in [-0.25, -0.2) is 9.97 Å². The number of aryl methyl sites for hydroxylation is 1. The predicted octanol–water partition coefficient (Wildman–Crippen LogP) is 1.73. The molecule has 1 fully saturated rings. The smallest absolute Gasteiger partial charge is 0.143 e. The van der Waals surface area contributed by atoms with Crippen LogP contribution in [-0.2, 0) is 6.42 Å². The standard InChI is InChI=1S/C14H20N4O/c1-3-9-5-15-13-12(9)14(17-8-16-13)18-6-10(4-2)11(19)7-18/h5,8,10-11,19H,3-4,6-7H2,1-2H3,(H,15,16,17). The highest BCUT2D eigenvalue weighted by atomic mass is 16.3. The molecule has 1 aliphatic heterocycles. The first-order valence-corrected chi connectivity index (χ1v) is 6.98. The maximum Gasteiger partial charge on any atom is 0.143 e. The normalized spacial score (nSPS) is 23.4. The molecule has 0 saturated carbocycles. The highest BCUT2D eigenvalue weighted by molar-refractivity contribution is 5.90. The minimum atomic E-state index is -0.251. The van der Waals surface area contributed by atoms with Crippen LogP contribution < -0.4 is 4.90 Å². The Balaban J connectivity index is 2.03. The number of anilines is 1. The summed E-state index contributed by atoms with van der Waals surface area (Å²) >= 11 is 0. The molecule has 0 radical (unpaired) electrons. The van der Waals surface area contributed by atoms with Crippen molar-refractivity contribution < 1.29 is 5.11 Å². The molecule has 19 heavy (non-hydrogen) atoms. The Kier molecular flexibility index (Phi) is 3.14. The molecular formula is C14H20N4O. The number of aliphatic hydroxyl groups excluding tert-OH is 1. The maximum absolute atomic E-state index is 10.1. The van der Waals surface area contributed by atoms with Crippen LogP contribution in [0.15, 0.2) is 12.5 Å². The number of aromatic nitrogens is 3. The number of nitrogens with zero attached hydrogens (tertiary/aromatic N) is 3. The van der Waals surface area contributed by atoms with Crippen molar-refractivity contribution in [3.63, 3.8) is 0 Å². The largest absolute Gasteiger partial charge is 0.391 e. The first kappa shape index (κ1) is 12.4. The fraction of sp³-hybridized carbons (Fsp3) is 0.571. The van der Waals surface area contributed by atoms with Crippen LogP contribution in [0.25, 0.3) is 11.0 Å². The Morgan fingerprint density at radius 2 is 2.21 bits per heavy atom. The van der Waals surface area contributed by atoms with E-state index >= 15 is 0 Å². The zero-order valence-corrected chi connectivity index (χ0v) is 11.4. The summed E-state index contributed by atoms with van der Waals surface area (Å²) in [6, 6.07) is 0. The average Bonchev–Trinajstić information content (AvgIpc) is 3.01. The van der Waals surface area contributed by atoms with Gasteiger partial charge >= 0.3 is 0 Å². The first-order valence-electron chi connectivity index (χ1n) is 6.98. The Morgan fingerprint density at radius 1 is 1.37 bits per heavy atom. The van der Waals surface area contributed by atoms with Crippen molar-refractivity contribution in [1.29, 1.82) is 0 Å². The molecule has 1 aliphatic rings. The number of aliphatic hydroxyl groups is 1. The van der Waals surface area contributed by atoms with Crippen LogP contribution in [0.3, 0.4) is 0 Å². The van der Waals surface area contributed by atoms with Crippen LogP contribution in [-0.4, -0.2) is 39.3 Å². The molecule has 2 atom stereocenters. The van der Waals surface area contributed by atoms with E-state index in [0.717, 1.165) is 36.2 Å². The fourth-order valence-corrected chi connectivity index (χ4v) is 2.96. The molecule has 0 bridgehead atoms. The van der Waals surface area contributed by atoms with Gasteiger partial charge in [0, 0.05) is 25.2 Å². The van der Waals surface area contributed by atoms with Crippen LogP contribution >= 0.6 is 0 Å².